The van der Waals surface area contributed by atoms with Crippen molar-refractivity contribution < 1.29 is 13.5 Å². The molecular formula is C29H25F2N3O. The smallest absolute Gasteiger partial charge is 0.169 e. The van der Waals surface area contributed by atoms with Gasteiger partial charge in [0.25, 0.3) is 0 Å². The molecule has 0 atom stereocenters. The first kappa shape index (κ1) is 22.7. The van der Waals surface area contributed by atoms with Crippen molar-refractivity contribution in [3.05, 3.63) is 102 Å². The van der Waals surface area contributed by atoms with Gasteiger partial charge in [0.05, 0.1) is 17.9 Å². The van der Waals surface area contributed by atoms with E-state index in [4.69, 9.17) is 4.74 Å². The predicted octanol–water partition coefficient (Wildman–Crippen LogP) is 7.08. The van der Waals surface area contributed by atoms with Gasteiger partial charge in [-0.25, -0.2) is 18.7 Å². The second-order valence-corrected chi connectivity index (χ2v) is 8.96. The van der Waals surface area contributed by atoms with Crippen LogP contribution in [-0.2, 0) is 6.54 Å². The number of pyridine rings is 1. The SMILES string of the molecule is CC(C)COc1ccc(-c2ccc(Cn3ccc4nc(-c5cccc(F)c5F)nc-4c3)cc2)cc1. The lowest BCUT2D eigenvalue weighted by molar-refractivity contribution is 0.271. The van der Waals surface area contributed by atoms with Crippen molar-refractivity contribution >= 4 is 0 Å². The zero-order valence-electron chi connectivity index (χ0n) is 19.6. The number of hydrogen-bond donors (Lipinski definition) is 0. The van der Waals surface area contributed by atoms with Crippen molar-refractivity contribution in [2.24, 2.45) is 5.92 Å². The molecule has 0 saturated carbocycles. The molecule has 2 aliphatic heterocycles. The number of fused-ring (bicyclic) bond motifs is 1. The van der Waals surface area contributed by atoms with Gasteiger partial charge in [-0.15, -0.1) is 0 Å². The van der Waals surface area contributed by atoms with E-state index in [1.807, 2.05) is 35.2 Å². The Morgan fingerprint density at radius 1 is 0.829 bits per heavy atom. The molecule has 2 heterocycles. The molecule has 0 N–H and O–H groups in total. The number of imidazole rings is 1. The monoisotopic (exact) mass is 469 g/mol. The zero-order valence-corrected chi connectivity index (χ0v) is 19.6. The average Bonchev–Trinajstić information content (AvgIpc) is 3.28. The van der Waals surface area contributed by atoms with Crippen LogP contribution in [0.3, 0.4) is 0 Å². The van der Waals surface area contributed by atoms with Gasteiger partial charge in [-0.05, 0) is 52.9 Å². The van der Waals surface area contributed by atoms with E-state index in [9.17, 15) is 8.78 Å². The van der Waals surface area contributed by atoms with Crippen molar-refractivity contribution in [3.63, 3.8) is 0 Å². The van der Waals surface area contributed by atoms with Crippen LogP contribution < -0.4 is 4.74 Å². The fourth-order valence-electron chi connectivity index (χ4n) is 3.87. The molecule has 0 bridgehead atoms. The van der Waals surface area contributed by atoms with Gasteiger partial charge in [0.2, 0.25) is 0 Å². The Hall–Kier alpha value is -4.06. The van der Waals surface area contributed by atoms with E-state index in [1.165, 1.54) is 12.1 Å². The fourth-order valence-corrected chi connectivity index (χ4v) is 3.87. The molecule has 3 aromatic carbocycles. The molecule has 6 heteroatoms. The van der Waals surface area contributed by atoms with Gasteiger partial charge in [0.15, 0.2) is 17.5 Å². The second-order valence-electron chi connectivity index (χ2n) is 8.96. The number of benzene rings is 3. The number of halogens is 2. The largest absolute Gasteiger partial charge is 0.493 e. The number of rotatable bonds is 7. The first-order valence-electron chi connectivity index (χ1n) is 11.6. The summed E-state index contributed by atoms with van der Waals surface area (Å²) in [5.41, 5.74) is 4.72. The van der Waals surface area contributed by atoms with Crippen LogP contribution in [0.4, 0.5) is 8.78 Å². The Balaban J connectivity index is 1.30. The minimum Gasteiger partial charge on any atom is -0.493 e. The molecule has 2 aliphatic rings. The van der Waals surface area contributed by atoms with E-state index >= 15 is 0 Å². The van der Waals surface area contributed by atoms with Gasteiger partial charge < -0.3 is 9.30 Å². The summed E-state index contributed by atoms with van der Waals surface area (Å²) in [6.45, 7) is 5.61. The lowest BCUT2D eigenvalue weighted by atomic mass is 10.0. The first-order valence-corrected chi connectivity index (χ1v) is 11.6. The predicted molar refractivity (Wildman–Crippen MR) is 133 cm³/mol. The maximum atomic E-state index is 14.2. The molecule has 0 aromatic heterocycles. The van der Waals surface area contributed by atoms with Crippen LogP contribution in [-0.4, -0.2) is 21.1 Å². The lowest BCUT2D eigenvalue weighted by Gasteiger charge is -2.10. The van der Waals surface area contributed by atoms with Gasteiger partial charge in [0, 0.05) is 18.9 Å². The summed E-state index contributed by atoms with van der Waals surface area (Å²) < 4.78 is 35.5. The van der Waals surface area contributed by atoms with Crippen LogP contribution in [0.15, 0.2) is 85.2 Å². The number of hydrogen-bond acceptors (Lipinski definition) is 3. The van der Waals surface area contributed by atoms with Crippen molar-refractivity contribution in [2.45, 2.75) is 20.4 Å². The van der Waals surface area contributed by atoms with Crippen molar-refractivity contribution in [1.82, 2.24) is 14.5 Å². The van der Waals surface area contributed by atoms with E-state index in [-0.39, 0.29) is 11.4 Å². The second kappa shape index (κ2) is 9.66. The highest BCUT2D eigenvalue weighted by Crippen LogP contribution is 2.28. The highest BCUT2D eigenvalue weighted by atomic mass is 19.2. The molecule has 0 amide bonds. The molecule has 0 saturated heterocycles. The Kier molecular flexibility index (Phi) is 6.27. The standard InChI is InChI=1S/C29H25F2N3O/c1-19(2)18-35-23-12-10-22(11-13-23)21-8-6-20(7-9-21)16-34-15-14-26-27(17-34)33-29(32-26)24-4-3-5-25(30)28(24)31/h3-15,17,19H,16,18H2,1-2H3. The maximum absolute atomic E-state index is 14.2. The van der Waals surface area contributed by atoms with Gasteiger partial charge in [-0.3, -0.25) is 0 Å². The number of ether oxygens (including phenoxy) is 1. The molecule has 176 valence electrons. The van der Waals surface area contributed by atoms with Crippen molar-refractivity contribution in [1.29, 1.82) is 0 Å². The van der Waals surface area contributed by atoms with Crippen LogP contribution in [0, 0.1) is 17.6 Å². The summed E-state index contributed by atoms with van der Waals surface area (Å²) in [6, 6.07) is 22.4. The summed E-state index contributed by atoms with van der Waals surface area (Å²) in [4.78, 5) is 8.79. The fraction of sp³-hybridized carbons (Fsp3) is 0.172. The van der Waals surface area contributed by atoms with Crippen LogP contribution in [0.5, 0.6) is 5.75 Å². The van der Waals surface area contributed by atoms with Gasteiger partial charge in [0.1, 0.15) is 11.4 Å². The van der Waals surface area contributed by atoms with E-state index in [2.05, 4.69) is 60.2 Å². The summed E-state index contributed by atoms with van der Waals surface area (Å²) in [6.07, 6.45) is 3.78. The van der Waals surface area contributed by atoms with Crippen molar-refractivity contribution in [3.8, 4) is 39.7 Å². The molecule has 35 heavy (non-hydrogen) atoms. The van der Waals surface area contributed by atoms with Crippen molar-refractivity contribution in [2.75, 3.05) is 6.61 Å². The highest BCUT2D eigenvalue weighted by molar-refractivity contribution is 5.66. The average molecular weight is 470 g/mol. The maximum Gasteiger partial charge on any atom is 0.169 e. The normalized spacial score (nSPS) is 11.3. The molecular weight excluding hydrogens is 444 g/mol. The molecule has 3 aromatic rings. The lowest BCUT2D eigenvalue weighted by Crippen LogP contribution is -2.04. The Morgan fingerprint density at radius 2 is 1.51 bits per heavy atom. The number of nitrogens with zero attached hydrogens (tertiary/aromatic N) is 3. The third-order valence-electron chi connectivity index (χ3n) is 5.71. The molecule has 0 aliphatic carbocycles. The summed E-state index contributed by atoms with van der Waals surface area (Å²) in [5.74, 6) is -0.297. The van der Waals surface area contributed by atoms with Crippen LogP contribution in [0.2, 0.25) is 0 Å². The Bertz CT molecular complexity index is 1410. The molecule has 0 fully saturated rings. The molecule has 5 rings (SSSR count). The topological polar surface area (TPSA) is 39.9 Å². The van der Waals surface area contributed by atoms with Crippen LogP contribution in [0.25, 0.3) is 33.9 Å². The molecule has 0 unspecified atom stereocenters. The Labute approximate surface area is 203 Å². The molecule has 0 spiro atoms. The van der Waals surface area contributed by atoms with E-state index < -0.39 is 11.6 Å². The first-order chi connectivity index (χ1) is 17.0. The minimum absolute atomic E-state index is 0.0582. The van der Waals surface area contributed by atoms with Gasteiger partial charge >= 0.3 is 0 Å². The zero-order chi connectivity index (χ0) is 24.4. The van der Waals surface area contributed by atoms with E-state index in [0.717, 1.165) is 28.5 Å². The van der Waals surface area contributed by atoms with Crippen LogP contribution >= 0.6 is 0 Å². The summed E-state index contributed by atoms with van der Waals surface area (Å²) >= 11 is 0. The summed E-state index contributed by atoms with van der Waals surface area (Å²) in [5, 5.41) is 0. The highest BCUT2D eigenvalue weighted by Gasteiger charge is 2.17. The Morgan fingerprint density at radius 3 is 2.23 bits per heavy atom. The van der Waals surface area contributed by atoms with Gasteiger partial charge in [-0.2, -0.15) is 0 Å². The van der Waals surface area contributed by atoms with Crippen LogP contribution in [0.1, 0.15) is 19.4 Å². The van der Waals surface area contributed by atoms with Gasteiger partial charge in [-0.1, -0.05) is 56.3 Å². The molecule has 0 radical (unpaired) electrons. The third-order valence-corrected chi connectivity index (χ3v) is 5.71. The minimum atomic E-state index is -0.937. The summed E-state index contributed by atoms with van der Waals surface area (Å²) in [7, 11) is 0. The number of aromatic nitrogens is 3. The molecule has 4 nitrogen and oxygen atoms in total. The quantitative estimate of drug-likeness (QED) is 0.256. The van der Waals surface area contributed by atoms with E-state index in [1.54, 1.807) is 0 Å². The third kappa shape index (κ3) is 5.06. The van der Waals surface area contributed by atoms with E-state index in [0.29, 0.717) is 30.5 Å².